The first-order chi connectivity index (χ1) is 16.8. The van der Waals surface area contributed by atoms with Gasteiger partial charge in [0.15, 0.2) is 0 Å². The molecule has 2 aliphatic heterocycles. The van der Waals surface area contributed by atoms with Crippen LogP contribution in [0.25, 0.3) is 21.8 Å². The van der Waals surface area contributed by atoms with Gasteiger partial charge in [0, 0.05) is 65.9 Å². The Balaban J connectivity index is 1.39. The minimum Gasteiger partial charge on any atom is -0.357 e. The summed E-state index contributed by atoms with van der Waals surface area (Å²) < 4.78 is 27.8. The van der Waals surface area contributed by atoms with E-state index < -0.39 is 5.67 Å². The zero-order chi connectivity index (χ0) is 24.3. The van der Waals surface area contributed by atoms with Crippen molar-refractivity contribution in [2.24, 2.45) is 5.92 Å². The number of benzene rings is 2. The van der Waals surface area contributed by atoms with E-state index in [1.165, 1.54) is 22.0 Å². The smallest absolute Gasteiger partial charge is 0.118 e. The lowest BCUT2D eigenvalue weighted by Gasteiger charge is -2.43. The molecule has 0 amide bonds. The molecule has 0 saturated carbocycles. The molecule has 184 valence electrons. The molecule has 6 rings (SSSR count). The molecular weight excluding hydrogens is 442 g/mol. The van der Waals surface area contributed by atoms with Crippen LogP contribution in [0.5, 0.6) is 0 Å². The SMILES string of the molecule is C[C@@H]1Cc2c([nH]c3ccccc23)[C@@H](c2ccc3cc(CN4CC(CF)C4)[nH]c3c2)N1CC(C)(C)F. The second-order valence-corrected chi connectivity index (χ2v) is 11.3. The van der Waals surface area contributed by atoms with E-state index in [1.807, 2.05) is 0 Å². The predicted molar refractivity (Wildman–Crippen MR) is 138 cm³/mol. The molecule has 0 aliphatic carbocycles. The molecule has 2 aromatic carbocycles. The van der Waals surface area contributed by atoms with Crippen LogP contribution in [0.2, 0.25) is 0 Å². The highest BCUT2D eigenvalue weighted by Crippen LogP contribution is 2.42. The summed E-state index contributed by atoms with van der Waals surface area (Å²) >= 11 is 0. The van der Waals surface area contributed by atoms with Gasteiger partial charge in [-0.05, 0) is 61.9 Å². The van der Waals surface area contributed by atoms with Crippen molar-refractivity contribution >= 4 is 21.8 Å². The average molecular weight is 477 g/mol. The Bertz CT molecular complexity index is 1360. The van der Waals surface area contributed by atoms with Gasteiger partial charge in [-0.3, -0.25) is 14.2 Å². The van der Waals surface area contributed by atoms with E-state index >= 15 is 4.39 Å². The van der Waals surface area contributed by atoms with E-state index in [1.54, 1.807) is 13.8 Å². The van der Waals surface area contributed by atoms with Crippen molar-refractivity contribution in [3.05, 3.63) is 71.0 Å². The number of hydrogen-bond acceptors (Lipinski definition) is 2. The second-order valence-electron chi connectivity index (χ2n) is 11.3. The fourth-order valence-electron chi connectivity index (χ4n) is 6.15. The predicted octanol–water partition coefficient (Wildman–Crippen LogP) is 6.13. The number of fused-ring (bicyclic) bond motifs is 4. The molecule has 4 heterocycles. The lowest BCUT2D eigenvalue weighted by atomic mass is 9.87. The summed E-state index contributed by atoms with van der Waals surface area (Å²) in [5.41, 5.74) is 5.77. The number of rotatable bonds is 6. The number of H-pyrrole nitrogens is 2. The fourth-order valence-corrected chi connectivity index (χ4v) is 6.15. The Morgan fingerprint density at radius 2 is 1.83 bits per heavy atom. The van der Waals surface area contributed by atoms with Crippen molar-refractivity contribution in [2.45, 2.75) is 51.5 Å². The van der Waals surface area contributed by atoms with Crippen molar-refractivity contribution in [2.75, 3.05) is 26.3 Å². The molecule has 0 radical (unpaired) electrons. The molecule has 2 aromatic heterocycles. The lowest BCUT2D eigenvalue weighted by Crippen LogP contribution is -2.47. The molecule has 1 saturated heterocycles. The number of nitrogens with zero attached hydrogens (tertiary/aromatic N) is 2. The molecule has 0 spiro atoms. The summed E-state index contributed by atoms with van der Waals surface area (Å²) in [5, 5.41) is 2.44. The minimum atomic E-state index is -1.30. The quantitative estimate of drug-likeness (QED) is 0.351. The van der Waals surface area contributed by atoms with Crippen molar-refractivity contribution in [3.63, 3.8) is 0 Å². The van der Waals surface area contributed by atoms with Gasteiger partial charge in [0.2, 0.25) is 0 Å². The number of likely N-dealkylation sites (tertiary alicyclic amines) is 1. The molecule has 4 aromatic rings. The third-order valence-corrected chi connectivity index (χ3v) is 7.74. The first-order valence-electron chi connectivity index (χ1n) is 12.7. The van der Waals surface area contributed by atoms with E-state index in [4.69, 9.17) is 0 Å². The van der Waals surface area contributed by atoms with Gasteiger partial charge in [0.05, 0.1) is 12.7 Å². The summed E-state index contributed by atoms with van der Waals surface area (Å²) in [4.78, 5) is 11.9. The second kappa shape index (κ2) is 8.45. The van der Waals surface area contributed by atoms with Crippen molar-refractivity contribution in [3.8, 4) is 0 Å². The van der Waals surface area contributed by atoms with Gasteiger partial charge in [-0.25, -0.2) is 4.39 Å². The van der Waals surface area contributed by atoms with Crippen LogP contribution < -0.4 is 0 Å². The molecular formula is C29H34F2N4. The van der Waals surface area contributed by atoms with Gasteiger partial charge in [0.25, 0.3) is 0 Å². The highest BCUT2D eigenvalue weighted by Gasteiger charge is 2.38. The van der Waals surface area contributed by atoms with Gasteiger partial charge < -0.3 is 9.97 Å². The highest BCUT2D eigenvalue weighted by atomic mass is 19.1. The van der Waals surface area contributed by atoms with Gasteiger partial charge in [0.1, 0.15) is 5.67 Å². The van der Waals surface area contributed by atoms with Gasteiger partial charge in [-0.1, -0.05) is 30.3 Å². The summed E-state index contributed by atoms with van der Waals surface area (Å²) in [5.74, 6) is 0.190. The van der Waals surface area contributed by atoms with E-state index in [0.29, 0.717) is 6.54 Å². The summed E-state index contributed by atoms with van der Waals surface area (Å²) in [6.07, 6.45) is 0.899. The molecule has 2 atom stereocenters. The molecule has 0 bridgehead atoms. The lowest BCUT2D eigenvalue weighted by molar-refractivity contribution is 0.0668. The monoisotopic (exact) mass is 476 g/mol. The number of alkyl halides is 2. The van der Waals surface area contributed by atoms with Crippen LogP contribution in [0.15, 0.2) is 48.5 Å². The number of aromatic nitrogens is 2. The molecule has 35 heavy (non-hydrogen) atoms. The normalized spacial score (nSPS) is 22.1. The van der Waals surface area contributed by atoms with Crippen molar-refractivity contribution < 1.29 is 8.78 Å². The van der Waals surface area contributed by atoms with E-state index in [-0.39, 0.29) is 24.7 Å². The van der Waals surface area contributed by atoms with Crippen LogP contribution >= 0.6 is 0 Å². The summed E-state index contributed by atoms with van der Waals surface area (Å²) in [7, 11) is 0. The molecule has 2 aliphatic rings. The first-order valence-corrected chi connectivity index (χ1v) is 12.7. The number of halogens is 2. The number of aromatic amines is 2. The Kier molecular flexibility index (Phi) is 5.49. The van der Waals surface area contributed by atoms with Gasteiger partial charge >= 0.3 is 0 Å². The van der Waals surface area contributed by atoms with Gasteiger partial charge in [-0.15, -0.1) is 0 Å². The number of hydrogen-bond donors (Lipinski definition) is 2. The van der Waals surface area contributed by atoms with Crippen molar-refractivity contribution in [1.29, 1.82) is 0 Å². The molecule has 4 nitrogen and oxygen atoms in total. The van der Waals surface area contributed by atoms with Crippen LogP contribution in [0.1, 0.15) is 49.3 Å². The maximum atomic E-state index is 15.0. The highest BCUT2D eigenvalue weighted by molar-refractivity contribution is 5.86. The van der Waals surface area contributed by atoms with Crippen LogP contribution in [-0.4, -0.2) is 57.8 Å². The minimum absolute atomic E-state index is 0.0481. The van der Waals surface area contributed by atoms with E-state index in [2.05, 4.69) is 75.2 Å². The van der Waals surface area contributed by atoms with E-state index in [0.717, 1.165) is 48.3 Å². The van der Waals surface area contributed by atoms with Crippen LogP contribution in [-0.2, 0) is 13.0 Å². The van der Waals surface area contributed by atoms with Gasteiger partial charge in [-0.2, -0.15) is 0 Å². The van der Waals surface area contributed by atoms with E-state index in [9.17, 15) is 4.39 Å². The Morgan fingerprint density at radius 1 is 1.03 bits per heavy atom. The number of para-hydroxylation sites is 1. The van der Waals surface area contributed by atoms with Crippen LogP contribution in [0.3, 0.4) is 0 Å². The Labute approximate surface area is 205 Å². The Morgan fingerprint density at radius 3 is 2.60 bits per heavy atom. The first kappa shape index (κ1) is 22.7. The maximum absolute atomic E-state index is 15.0. The third kappa shape index (κ3) is 4.17. The fraction of sp³-hybridized carbons (Fsp3) is 0.448. The van der Waals surface area contributed by atoms with Crippen molar-refractivity contribution in [1.82, 2.24) is 19.8 Å². The number of nitrogens with one attached hydrogen (secondary N) is 2. The molecule has 2 N–H and O–H groups in total. The third-order valence-electron chi connectivity index (χ3n) is 7.74. The molecule has 0 unspecified atom stereocenters. The largest absolute Gasteiger partial charge is 0.357 e. The van der Waals surface area contributed by atoms with Crippen LogP contribution in [0.4, 0.5) is 8.78 Å². The Hall–Kier alpha value is -2.70. The standard InChI is InChI=1S/C29H34F2N4/c1-18-10-24-23-6-4-5-7-25(23)33-27(24)28(35(18)17-29(2,3)31)21-9-8-20-11-22(32-26(20)12-21)16-34-14-19(13-30)15-34/h4-9,11-12,18-19,28,32-33H,10,13-17H2,1-3H3/t18-,28-/m1/s1. The zero-order valence-electron chi connectivity index (χ0n) is 20.7. The summed E-state index contributed by atoms with van der Waals surface area (Å²) in [6, 6.07) is 17.4. The average Bonchev–Trinajstić information content (AvgIpc) is 3.35. The zero-order valence-corrected chi connectivity index (χ0v) is 20.7. The molecule has 1 fully saturated rings. The van der Waals surface area contributed by atoms with Crippen LogP contribution in [0, 0.1) is 5.92 Å². The summed E-state index contributed by atoms with van der Waals surface area (Å²) in [6.45, 7) is 8.16. The molecule has 6 heteroatoms. The topological polar surface area (TPSA) is 38.1 Å². The maximum Gasteiger partial charge on any atom is 0.118 e.